The monoisotopic (exact) mass is 233 g/mol. The van der Waals surface area contributed by atoms with Gasteiger partial charge in [-0.1, -0.05) is 0 Å². The van der Waals surface area contributed by atoms with Gasteiger partial charge in [-0.2, -0.15) is 0 Å². The number of imidazole rings is 1. The van der Waals surface area contributed by atoms with Crippen LogP contribution in [0, 0.1) is 6.92 Å². The molecule has 1 fully saturated rings. The Hall–Kier alpha value is -1.62. The number of nitrogens with zero attached hydrogens (tertiary/aromatic N) is 2. The first-order chi connectivity index (χ1) is 8.25. The summed E-state index contributed by atoms with van der Waals surface area (Å²) in [5, 5.41) is 0. The first-order valence-corrected chi connectivity index (χ1v) is 5.90. The molecule has 0 bridgehead atoms. The summed E-state index contributed by atoms with van der Waals surface area (Å²) >= 11 is 0. The number of ether oxygens (including phenoxy) is 1. The maximum Gasteiger partial charge on any atom is 0.274 e. The number of aryl methyl sites for hydroxylation is 1. The Kier molecular flexibility index (Phi) is 2.48. The van der Waals surface area contributed by atoms with Gasteiger partial charge in [-0.05, 0) is 19.8 Å². The largest absolute Gasteiger partial charge is 0.381 e. The smallest absolute Gasteiger partial charge is 0.274 e. The SMILES string of the molecule is Cc1cn2c(C3CCOCC3)ncc2c(=O)[nH]1. The van der Waals surface area contributed by atoms with Crippen LogP contribution in [0.4, 0.5) is 0 Å². The molecule has 0 aliphatic carbocycles. The van der Waals surface area contributed by atoms with Crippen LogP contribution in [0.1, 0.15) is 30.3 Å². The number of rotatable bonds is 1. The van der Waals surface area contributed by atoms with E-state index in [9.17, 15) is 4.79 Å². The Balaban J connectivity index is 2.13. The minimum atomic E-state index is -0.0733. The fourth-order valence-corrected chi connectivity index (χ4v) is 2.41. The van der Waals surface area contributed by atoms with E-state index in [-0.39, 0.29) is 5.56 Å². The van der Waals surface area contributed by atoms with Gasteiger partial charge in [0.05, 0.1) is 6.20 Å². The number of aromatic amines is 1. The van der Waals surface area contributed by atoms with Gasteiger partial charge in [0, 0.05) is 31.0 Å². The number of hydrogen-bond donors (Lipinski definition) is 1. The zero-order valence-electron chi connectivity index (χ0n) is 9.77. The minimum absolute atomic E-state index is 0.0733. The normalized spacial score (nSPS) is 17.7. The second-order valence-electron chi connectivity index (χ2n) is 4.52. The summed E-state index contributed by atoms with van der Waals surface area (Å²) in [5.74, 6) is 1.38. The molecule has 1 aliphatic heterocycles. The van der Waals surface area contributed by atoms with Crippen molar-refractivity contribution < 1.29 is 4.74 Å². The Bertz CT molecular complexity index is 593. The highest BCUT2D eigenvalue weighted by Crippen LogP contribution is 2.25. The van der Waals surface area contributed by atoms with E-state index in [0.29, 0.717) is 11.4 Å². The second kappa shape index (κ2) is 4.00. The van der Waals surface area contributed by atoms with Crippen molar-refractivity contribution in [2.45, 2.75) is 25.7 Å². The molecular formula is C12H15N3O2. The molecule has 1 aliphatic rings. The third kappa shape index (κ3) is 1.76. The van der Waals surface area contributed by atoms with E-state index in [1.807, 2.05) is 17.5 Å². The summed E-state index contributed by atoms with van der Waals surface area (Å²) in [6.07, 6.45) is 5.55. The average Bonchev–Trinajstić information content (AvgIpc) is 2.74. The molecule has 5 heteroatoms. The van der Waals surface area contributed by atoms with Crippen molar-refractivity contribution in [2.24, 2.45) is 0 Å². The summed E-state index contributed by atoms with van der Waals surface area (Å²) in [7, 11) is 0. The number of fused-ring (bicyclic) bond motifs is 1. The molecule has 90 valence electrons. The van der Waals surface area contributed by atoms with Gasteiger partial charge in [-0.25, -0.2) is 4.98 Å². The summed E-state index contributed by atoms with van der Waals surface area (Å²) < 4.78 is 7.27. The number of H-pyrrole nitrogens is 1. The maximum absolute atomic E-state index is 11.8. The highest BCUT2D eigenvalue weighted by molar-refractivity contribution is 5.44. The Morgan fingerprint density at radius 2 is 2.24 bits per heavy atom. The summed E-state index contributed by atoms with van der Waals surface area (Å²) in [5.41, 5.74) is 1.40. The fraction of sp³-hybridized carbons (Fsp3) is 0.500. The van der Waals surface area contributed by atoms with Crippen LogP contribution in [0.15, 0.2) is 17.2 Å². The molecule has 0 spiro atoms. The van der Waals surface area contributed by atoms with Gasteiger partial charge in [0.1, 0.15) is 11.3 Å². The van der Waals surface area contributed by atoms with E-state index in [0.717, 1.165) is 37.6 Å². The summed E-state index contributed by atoms with van der Waals surface area (Å²) in [4.78, 5) is 19.0. The van der Waals surface area contributed by atoms with Crippen LogP contribution in [-0.4, -0.2) is 27.6 Å². The van der Waals surface area contributed by atoms with Crippen molar-refractivity contribution in [3.05, 3.63) is 34.3 Å². The summed E-state index contributed by atoms with van der Waals surface area (Å²) in [6.45, 7) is 3.44. The van der Waals surface area contributed by atoms with Gasteiger partial charge in [0.15, 0.2) is 0 Å². The van der Waals surface area contributed by atoms with Crippen LogP contribution in [0.25, 0.3) is 5.52 Å². The van der Waals surface area contributed by atoms with E-state index in [1.165, 1.54) is 0 Å². The highest BCUT2D eigenvalue weighted by atomic mass is 16.5. The first kappa shape index (κ1) is 10.5. The lowest BCUT2D eigenvalue weighted by Gasteiger charge is -2.20. The number of hydrogen-bond acceptors (Lipinski definition) is 3. The molecule has 0 unspecified atom stereocenters. The van der Waals surface area contributed by atoms with Crippen LogP contribution in [0.5, 0.6) is 0 Å². The lowest BCUT2D eigenvalue weighted by Crippen LogP contribution is -2.18. The third-order valence-corrected chi connectivity index (χ3v) is 3.28. The molecule has 0 radical (unpaired) electrons. The molecule has 0 aromatic carbocycles. The van der Waals surface area contributed by atoms with Gasteiger partial charge in [-0.15, -0.1) is 0 Å². The highest BCUT2D eigenvalue weighted by Gasteiger charge is 2.20. The molecule has 1 N–H and O–H groups in total. The van der Waals surface area contributed by atoms with Crippen molar-refractivity contribution in [1.29, 1.82) is 0 Å². The maximum atomic E-state index is 11.8. The lowest BCUT2D eigenvalue weighted by molar-refractivity contribution is 0.0835. The molecule has 17 heavy (non-hydrogen) atoms. The zero-order valence-corrected chi connectivity index (χ0v) is 9.77. The zero-order chi connectivity index (χ0) is 11.8. The van der Waals surface area contributed by atoms with Crippen molar-refractivity contribution >= 4 is 5.52 Å². The van der Waals surface area contributed by atoms with Gasteiger partial charge in [0.2, 0.25) is 0 Å². The van der Waals surface area contributed by atoms with E-state index in [1.54, 1.807) is 6.20 Å². The standard InChI is InChI=1S/C12H15N3O2/c1-8-7-15-10(12(16)14-8)6-13-11(15)9-2-4-17-5-3-9/h6-7,9H,2-5H2,1H3,(H,14,16). The van der Waals surface area contributed by atoms with Crippen LogP contribution in [-0.2, 0) is 4.74 Å². The molecule has 1 saturated heterocycles. The van der Waals surface area contributed by atoms with Crippen LogP contribution in [0.2, 0.25) is 0 Å². The van der Waals surface area contributed by atoms with Gasteiger partial charge in [0.25, 0.3) is 5.56 Å². The van der Waals surface area contributed by atoms with Crippen molar-refractivity contribution in [2.75, 3.05) is 13.2 Å². The molecule has 0 amide bonds. The predicted molar refractivity (Wildman–Crippen MR) is 63.3 cm³/mol. The molecule has 0 saturated carbocycles. The quantitative estimate of drug-likeness (QED) is 0.805. The Morgan fingerprint density at radius 1 is 1.47 bits per heavy atom. The number of nitrogens with one attached hydrogen (secondary N) is 1. The van der Waals surface area contributed by atoms with E-state index < -0.39 is 0 Å². The molecule has 3 rings (SSSR count). The van der Waals surface area contributed by atoms with Crippen LogP contribution in [0.3, 0.4) is 0 Å². The van der Waals surface area contributed by atoms with E-state index in [4.69, 9.17) is 4.74 Å². The Morgan fingerprint density at radius 3 is 3.00 bits per heavy atom. The van der Waals surface area contributed by atoms with Crippen molar-refractivity contribution in [1.82, 2.24) is 14.4 Å². The number of aromatic nitrogens is 3. The molecule has 2 aromatic heterocycles. The summed E-state index contributed by atoms with van der Waals surface area (Å²) in [6, 6.07) is 0. The van der Waals surface area contributed by atoms with Crippen molar-refractivity contribution in [3.63, 3.8) is 0 Å². The minimum Gasteiger partial charge on any atom is -0.381 e. The van der Waals surface area contributed by atoms with Gasteiger partial charge >= 0.3 is 0 Å². The topological polar surface area (TPSA) is 59.4 Å². The van der Waals surface area contributed by atoms with E-state index in [2.05, 4.69) is 9.97 Å². The fourth-order valence-electron chi connectivity index (χ4n) is 2.41. The second-order valence-corrected chi connectivity index (χ2v) is 4.52. The van der Waals surface area contributed by atoms with Crippen LogP contribution < -0.4 is 5.56 Å². The molecule has 2 aromatic rings. The van der Waals surface area contributed by atoms with Gasteiger partial charge < -0.3 is 9.72 Å². The molecule has 3 heterocycles. The molecular weight excluding hydrogens is 218 g/mol. The van der Waals surface area contributed by atoms with E-state index >= 15 is 0 Å². The van der Waals surface area contributed by atoms with Gasteiger partial charge in [-0.3, -0.25) is 9.20 Å². The first-order valence-electron chi connectivity index (χ1n) is 5.90. The van der Waals surface area contributed by atoms with Crippen LogP contribution >= 0.6 is 0 Å². The van der Waals surface area contributed by atoms with Crippen molar-refractivity contribution in [3.8, 4) is 0 Å². The molecule has 0 atom stereocenters. The average molecular weight is 233 g/mol. The third-order valence-electron chi connectivity index (χ3n) is 3.28. The molecule has 5 nitrogen and oxygen atoms in total. The predicted octanol–water partition coefficient (Wildman–Crippen LogP) is 1.23. The lowest BCUT2D eigenvalue weighted by atomic mass is 10.00. The Labute approximate surface area is 98.4 Å².